The minimum absolute atomic E-state index is 0.531. The number of hydrogen-bond acceptors (Lipinski definition) is 2. The fourth-order valence-corrected chi connectivity index (χ4v) is 8.11. The first-order valence-electron chi connectivity index (χ1n) is 16.8. The summed E-state index contributed by atoms with van der Waals surface area (Å²) in [5.74, 6) is 0. The van der Waals surface area contributed by atoms with Gasteiger partial charge in [-0.25, -0.2) is 9.97 Å². The molecule has 9 aromatic rings. The van der Waals surface area contributed by atoms with E-state index in [-0.39, 0.29) is 0 Å². The summed E-state index contributed by atoms with van der Waals surface area (Å²) < 4.78 is 0. The van der Waals surface area contributed by atoms with E-state index >= 15 is 0 Å². The van der Waals surface area contributed by atoms with Gasteiger partial charge in [-0.3, -0.25) is 0 Å². The molecule has 0 fully saturated rings. The molecule has 1 aliphatic carbocycles. The fraction of sp³-hybridized carbons (Fsp3) is 0.0213. The molecule has 0 radical (unpaired) electrons. The largest absolute Gasteiger partial charge is 0.244 e. The molecule has 0 aliphatic heterocycles. The van der Waals surface area contributed by atoms with Crippen LogP contribution in [0, 0.1) is 0 Å². The normalized spacial score (nSPS) is 13.1. The number of rotatable bonds is 4. The highest BCUT2D eigenvalue weighted by Crippen LogP contribution is 2.57. The zero-order chi connectivity index (χ0) is 32.4. The van der Waals surface area contributed by atoms with Crippen LogP contribution >= 0.6 is 0 Å². The lowest BCUT2D eigenvalue weighted by atomic mass is 9.67. The Kier molecular flexibility index (Phi) is 6.13. The predicted molar refractivity (Wildman–Crippen MR) is 203 cm³/mol. The molecule has 0 amide bonds. The lowest BCUT2D eigenvalue weighted by Crippen LogP contribution is -2.28. The van der Waals surface area contributed by atoms with Gasteiger partial charge in [-0.1, -0.05) is 158 Å². The molecular formula is C47H30N2. The van der Waals surface area contributed by atoms with Gasteiger partial charge in [0.1, 0.15) is 0 Å². The average molecular weight is 623 g/mol. The van der Waals surface area contributed by atoms with Gasteiger partial charge in [0.25, 0.3) is 0 Å². The van der Waals surface area contributed by atoms with E-state index in [4.69, 9.17) is 9.97 Å². The molecular weight excluding hydrogens is 593 g/mol. The maximum Gasteiger partial charge on any atom is 0.0973 e. The molecule has 1 aromatic heterocycles. The molecule has 0 saturated heterocycles. The second kappa shape index (κ2) is 10.8. The van der Waals surface area contributed by atoms with Crippen LogP contribution < -0.4 is 0 Å². The van der Waals surface area contributed by atoms with Crippen LogP contribution in [0.1, 0.15) is 22.3 Å². The standard InChI is InChI=1S/C47H30N2/c1-4-15-32(16-5-1)44-45(49-46-38-23-13-12-14-31(38)25-27-43(46)48-44)35-24-26-39-40-28-33-17-10-11-18-34(33)29-42(40)47(41(39)30-35,36-19-6-2-7-20-36)37-21-8-3-9-22-37/h1-30H. The summed E-state index contributed by atoms with van der Waals surface area (Å²) >= 11 is 0. The molecule has 49 heavy (non-hydrogen) atoms. The zero-order valence-corrected chi connectivity index (χ0v) is 26.7. The van der Waals surface area contributed by atoms with E-state index < -0.39 is 5.41 Å². The number of nitrogens with zero attached hydrogens (tertiary/aromatic N) is 2. The van der Waals surface area contributed by atoms with Crippen LogP contribution in [-0.2, 0) is 5.41 Å². The zero-order valence-electron chi connectivity index (χ0n) is 26.7. The summed E-state index contributed by atoms with van der Waals surface area (Å²) in [6, 6.07) is 65.6. The molecule has 0 unspecified atom stereocenters. The molecule has 10 rings (SSSR count). The lowest BCUT2D eigenvalue weighted by molar-refractivity contribution is 0.770. The molecule has 1 heterocycles. The quantitative estimate of drug-likeness (QED) is 0.183. The number of benzene rings is 8. The SMILES string of the molecule is c1ccc(-c2nc3ccc4ccccc4c3nc2-c2ccc3c(c2)C(c2ccccc2)(c2ccccc2)c2cc4ccccc4cc2-3)cc1. The van der Waals surface area contributed by atoms with Gasteiger partial charge in [-0.15, -0.1) is 0 Å². The van der Waals surface area contributed by atoms with Crippen LogP contribution in [0.25, 0.3) is 66.2 Å². The number of fused-ring (bicyclic) bond motifs is 7. The van der Waals surface area contributed by atoms with Gasteiger partial charge in [0, 0.05) is 16.5 Å². The first kappa shape index (κ1) is 27.7. The second-order valence-corrected chi connectivity index (χ2v) is 12.9. The van der Waals surface area contributed by atoms with Crippen LogP contribution in [0.5, 0.6) is 0 Å². The van der Waals surface area contributed by atoms with Crippen molar-refractivity contribution in [1.29, 1.82) is 0 Å². The van der Waals surface area contributed by atoms with Crippen LogP contribution in [0.4, 0.5) is 0 Å². The van der Waals surface area contributed by atoms with E-state index in [0.717, 1.165) is 44.3 Å². The Balaban J connectivity index is 1.32. The van der Waals surface area contributed by atoms with Crippen LogP contribution in [-0.4, -0.2) is 9.97 Å². The molecule has 0 N–H and O–H groups in total. The van der Waals surface area contributed by atoms with Gasteiger partial charge in [-0.2, -0.15) is 0 Å². The van der Waals surface area contributed by atoms with E-state index in [0.29, 0.717) is 0 Å². The Morgan fingerprint density at radius 2 is 0.939 bits per heavy atom. The maximum absolute atomic E-state index is 5.50. The van der Waals surface area contributed by atoms with Gasteiger partial charge in [0.2, 0.25) is 0 Å². The summed E-state index contributed by atoms with van der Waals surface area (Å²) in [7, 11) is 0. The Morgan fingerprint density at radius 3 is 1.65 bits per heavy atom. The lowest BCUT2D eigenvalue weighted by Gasteiger charge is -2.34. The van der Waals surface area contributed by atoms with Crippen molar-refractivity contribution >= 4 is 32.6 Å². The Hall–Kier alpha value is -6.38. The van der Waals surface area contributed by atoms with Gasteiger partial charge < -0.3 is 0 Å². The van der Waals surface area contributed by atoms with Crippen molar-refractivity contribution in [3.05, 3.63) is 204 Å². The van der Waals surface area contributed by atoms with Crippen molar-refractivity contribution in [2.45, 2.75) is 5.41 Å². The Labute approximate surface area is 285 Å². The molecule has 2 heteroatoms. The highest BCUT2D eigenvalue weighted by molar-refractivity contribution is 6.05. The van der Waals surface area contributed by atoms with Gasteiger partial charge >= 0.3 is 0 Å². The van der Waals surface area contributed by atoms with E-state index in [1.165, 1.54) is 44.2 Å². The third-order valence-electron chi connectivity index (χ3n) is 10.3. The highest BCUT2D eigenvalue weighted by atomic mass is 14.8. The third-order valence-corrected chi connectivity index (χ3v) is 10.3. The molecule has 1 aliphatic rings. The molecule has 0 atom stereocenters. The fourth-order valence-electron chi connectivity index (χ4n) is 8.11. The minimum atomic E-state index is -0.531. The van der Waals surface area contributed by atoms with Crippen molar-refractivity contribution in [1.82, 2.24) is 9.97 Å². The van der Waals surface area contributed by atoms with Crippen molar-refractivity contribution in [3.63, 3.8) is 0 Å². The van der Waals surface area contributed by atoms with E-state index in [1.54, 1.807) is 0 Å². The van der Waals surface area contributed by atoms with Crippen LogP contribution in [0.15, 0.2) is 182 Å². The van der Waals surface area contributed by atoms with Crippen LogP contribution in [0.2, 0.25) is 0 Å². The van der Waals surface area contributed by atoms with E-state index in [9.17, 15) is 0 Å². The summed E-state index contributed by atoms with van der Waals surface area (Å²) in [5.41, 5.74) is 12.7. The second-order valence-electron chi connectivity index (χ2n) is 12.9. The average Bonchev–Trinajstić information content (AvgIpc) is 3.46. The summed E-state index contributed by atoms with van der Waals surface area (Å²) in [5, 5.41) is 4.75. The first-order chi connectivity index (χ1) is 24.3. The Bertz CT molecular complexity index is 2660. The van der Waals surface area contributed by atoms with Gasteiger partial charge in [0.05, 0.1) is 27.8 Å². The summed E-state index contributed by atoms with van der Waals surface area (Å²) in [4.78, 5) is 10.8. The topological polar surface area (TPSA) is 25.8 Å². The molecule has 0 bridgehead atoms. The monoisotopic (exact) mass is 622 g/mol. The number of hydrogen-bond donors (Lipinski definition) is 0. The summed E-state index contributed by atoms with van der Waals surface area (Å²) in [6.45, 7) is 0. The van der Waals surface area contributed by atoms with E-state index in [2.05, 4.69) is 182 Å². The highest BCUT2D eigenvalue weighted by Gasteiger charge is 2.46. The van der Waals surface area contributed by atoms with Crippen molar-refractivity contribution in [2.75, 3.05) is 0 Å². The molecule has 0 spiro atoms. The molecule has 2 nitrogen and oxygen atoms in total. The summed E-state index contributed by atoms with van der Waals surface area (Å²) in [6.07, 6.45) is 0. The molecule has 0 saturated carbocycles. The minimum Gasteiger partial charge on any atom is -0.244 e. The first-order valence-corrected chi connectivity index (χ1v) is 16.8. The Morgan fingerprint density at radius 1 is 0.367 bits per heavy atom. The van der Waals surface area contributed by atoms with Gasteiger partial charge in [-0.05, 0) is 73.8 Å². The smallest absolute Gasteiger partial charge is 0.0973 e. The number of aromatic nitrogens is 2. The van der Waals surface area contributed by atoms with Crippen molar-refractivity contribution < 1.29 is 0 Å². The molecule has 228 valence electrons. The van der Waals surface area contributed by atoms with Crippen LogP contribution in [0.3, 0.4) is 0 Å². The molecule has 8 aromatic carbocycles. The van der Waals surface area contributed by atoms with E-state index in [1.807, 2.05) is 0 Å². The van der Waals surface area contributed by atoms with Crippen molar-refractivity contribution in [2.24, 2.45) is 0 Å². The third kappa shape index (κ3) is 4.14. The predicted octanol–water partition coefficient (Wildman–Crippen LogP) is 11.6. The maximum atomic E-state index is 5.50. The van der Waals surface area contributed by atoms with Crippen molar-refractivity contribution in [3.8, 4) is 33.6 Å². The van der Waals surface area contributed by atoms with Gasteiger partial charge in [0.15, 0.2) is 0 Å².